The van der Waals surface area contributed by atoms with Crippen LogP contribution in [0.25, 0.3) is 0 Å². The highest BCUT2D eigenvalue weighted by atomic mass is 35.5. The fraction of sp³-hybridized carbons (Fsp3) is 0.333. The number of benzene rings is 2. The van der Waals surface area contributed by atoms with Crippen LogP contribution in [0.5, 0.6) is 17.2 Å². The zero-order valence-electron chi connectivity index (χ0n) is 14.9. The van der Waals surface area contributed by atoms with E-state index in [-0.39, 0.29) is 23.4 Å². The van der Waals surface area contributed by atoms with Gasteiger partial charge in [-0.1, -0.05) is 12.1 Å². The fourth-order valence-corrected chi connectivity index (χ4v) is 3.23. The number of hydrogen-bond acceptors (Lipinski definition) is 6. The second-order valence-corrected chi connectivity index (χ2v) is 7.62. The van der Waals surface area contributed by atoms with E-state index in [1.54, 1.807) is 12.1 Å². The van der Waals surface area contributed by atoms with Crippen LogP contribution >= 0.6 is 12.4 Å². The van der Waals surface area contributed by atoms with Crippen LogP contribution in [0.4, 0.5) is 0 Å². The van der Waals surface area contributed by atoms with E-state index in [4.69, 9.17) is 14.2 Å². The van der Waals surface area contributed by atoms with Crippen LogP contribution < -0.4 is 24.2 Å². The van der Waals surface area contributed by atoms with Gasteiger partial charge in [0.05, 0.1) is 4.90 Å². The Morgan fingerprint density at radius 3 is 2.52 bits per heavy atom. The molecule has 0 aromatic heterocycles. The zero-order chi connectivity index (χ0) is 18.4. The number of sulfonamides is 1. The van der Waals surface area contributed by atoms with Crippen LogP contribution in [0, 0.1) is 0 Å². The number of ether oxygens (including phenoxy) is 3. The Balaban J connectivity index is 0.00000261. The molecule has 0 radical (unpaired) electrons. The minimum Gasteiger partial charge on any atom is -0.492 e. The highest BCUT2D eigenvalue weighted by Crippen LogP contribution is 2.30. The number of fused-ring (bicyclic) bond motifs is 1. The predicted octanol–water partition coefficient (Wildman–Crippen LogP) is 1.82. The normalized spacial score (nSPS) is 15.7. The first-order valence-corrected chi connectivity index (χ1v) is 9.82. The monoisotopic (exact) mass is 414 g/mol. The summed E-state index contributed by atoms with van der Waals surface area (Å²) in [4.78, 5) is 0.209. The first-order valence-electron chi connectivity index (χ1n) is 8.34. The summed E-state index contributed by atoms with van der Waals surface area (Å²) in [6.45, 7) is 2.25. The van der Waals surface area contributed by atoms with E-state index < -0.39 is 10.0 Å². The third-order valence-electron chi connectivity index (χ3n) is 3.89. The van der Waals surface area contributed by atoms with Crippen LogP contribution in [0.3, 0.4) is 0 Å². The van der Waals surface area contributed by atoms with Gasteiger partial charge in [0.2, 0.25) is 10.0 Å². The summed E-state index contributed by atoms with van der Waals surface area (Å²) in [6.07, 6.45) is -0.0454. The summed E-state index contributed by atoms with van der Waals surface area (Å²) >= 11 is 0. The molecule has 9 heteroatoms. The van der Waals surface area contributed by atoms with Crippen molar-refractivity contribution < 1.29 is 22.6 Å². The van der Waals surface area contributed by atoms with Gasteiger partial charge in [-0.3, -0.25) is 0 Å². The van der Waals surface area contributed by atoms with Gasteiger partial charge in [-0.2, -0.15) is 0 Å². The summed E-state index contributed by atoms with van der Waals surface area (Å²) in [5, 5.41) is 3.27. The lowest BCUT2D eigenvalue weighted by molar-refractivity contribution is 0.0897. The Hall–Kier alpha value is -2.00. The molecule has 1 aliphatic rings. The second kappa shape index (κ2) is 9.80. The molecule has 1 aliphatic heterocycles. The molecule has 2 N–H and O–H groups in total. The molecule has 0 saturated heterocycles. The summed E-state index contributed by atoms with van der Waals surface area (Å²) in [5.41, 5.74) is 0. The van der Waals surface area contributed by atoms with Crippen molar-refractivity contribution in [3.8, 4) is 17.2 Å². The molecule has 1 atom stereocenters. The maximum absolute atomic E-state index is 11.7. The van der Waals surface area contributed by atoms with Gasteiger partial charge < -0.3 is 19.5 Å². The molecule has 0 bridgehead atoms. The predicted molar refractivity (Wildman–Crippen MR) is 105 cm³/mol. The number of para-hydroxylation sites is 2. The number of rotatable bonds is 8. The van der Waals surface area contributed by atoms with Crippen molar-refractivity contribution >= 4 is 22.4 Å². The van der Waals surface area contributed by atoms with E-state index in [0.717, 1.165) is 11.5 Å². The summed E-state index contributed by atoms with van der Waals surface area (Å²) in [6, 6.07) is 13.9. The van der Waals surface area contributed by atoms with Gasteiger partial charge in [-0.15, -0.1) is 12.4 Å². The fourth-order valence-electron chi connectivity index (χ4n) is 2.50. The molecular weight excluding hydrogens is 392 g/mol. The molecule has 1 unspecified atom stereocenters. The van der Waals surface area contributed by atoms with E-state index in [9.17, 15) is 8.42 Å². The lowest BCUT2D eigenvalue weighted by Crippen LogP contribution is -2.39. The summed E-state index contributed by atoms with van der Waals surface area (Å²) in [7, 11) is -2.04. The van der Waals surface area contributed by atoms with Crippen LogP contribution in [0.1, 0.15) is 0 Å². The van der Waals surface area contributed by atoms with E-state index in [2.05, 4.69) is 10.0 Å². The topological polar surface area (TPSA) is 85.9 Å². The lowest BCUT2D eigenvalue weighted by Gasteiger charge is -2.26. The van der Waals surface area contributed by atoms with Crippen molar-refractivity contribution in [2.45, 2.75) is 11.0 Å². The van der Waals surface area contributed by atoms with Crippen molar-refractivity contribution in [3.05, 3.63) is 48.5 Å². The first kappa shape index (κ1) is 21.3. The second-order valence-electron chi connectivity index (χ2n) is 5.73. The molecule has 27 heavy (non-hydrogen) atoms. The smallest absolute Gasteiger partial charge is 0.240 e. The number of halogens is 1. The van der Waals surface area contributed by atoms with Crippen molar-refractivity contribution in [2.24, 2.45) is 0 Å². The highest BCUT2D eigenvalue weighted by Gasteiger charge is 2.19. The third kappa shape index (κ3) is 5.74. The molecule has 0 spiro atoms. The Kier molecular flexibility index (Phi) is 7.73. The first-order chi connectivity index (χ1) is 12.6. The van der Waals surface area contributed by atoms with Gasteiger partial charge in [0.15, 0.2) is 11.5 Å². The Morgan fingerprint density at radius 2 is 1.81 bits per heavy atom. The zero-order valence-corrected chi connectivity index (χ0v) is 16.5. The van der Waals surface area contributed by atoms with Crippen LogP contribution in [0.2, 0.25) is 0 Å². The van der Waals surface area contributed by atoms with Gasteiger partial charge in [-0.25, -0.2) is 13.1 Å². The minimum absolute atomic E-state index is 0. The maximum atomic E-state index is 11.7. The molecular formula is C18H23ClN2O5S. The molecule has 0 aliphatic carbocycles. The molecule has 3 rings (SSSR count). The largest absolute Gasteiger partial charge is 0.492 e. The third-order valence-corrected chi connectivity index (χ3v) is 5.32. The summed E-state index contributed by atoms with van der Waals surface area (Å²) < 4.78 is 42.7. The van der Waals surface area contributed by atoms with Gasteiger partial charge in [0.25, 0.3) is 0 Å². The molecule has 0 amide bonds. The molecule has 2 aromatic rings. The highest BCUT2D eigenvalue weighted by molar-refractivity contribution is 7.89. The SMILES string of the molecule is CNS(=O)(=O)c1ccc(OCCNCC2COc3ccccc3O2)cc1.Cl. The van der Waals surface area contributed by atoms with Gasteiger partial charge in [-0.05, 0) is 43.4 Å². The van der Waals surface area contributed by atoms with Crippen LogP contribution in [-0.2, 0) is 10.0 Å². The van der Waals surface area contributed by atoms with Crippen molar-refractivity contribution in [1.29, 1.82) is 0 Å². The van der Waals surface area contributed by atoms with Crippen LogP contribution in [0.15, 0.2) is 53.4 Å². The maximum Gasteiger partial charge on any atom is 0.240 e. The van der Waals surface area contributed by atoms with Crippen molar-refractivity contribution in [3.63, 3.8) is 0 Å². The minimum atomic E-state index is -3.42. The molecule has 1 heterocycles. The van der Waals surface area contributed by atoms with Crippen molar-refractivity contribution in [2.75, 3.05) is 33.4 Å². The van der Waals surface area contributed by atoms with E-state index in [1.165, 1.54) is 19.2 Å². The average molecular weight is 415 g/mol. The quantitative estimate of drug-likeness (QED) is 0.641. The van der Waals surface area contributed by atoms with E-state index >= 15 is 0 Å². The molecule has 0 fully saturated rings. The summed E-state index contributed by atoms with van der Waals surface area (Å²) in [5.74, 6) is 2.15. The Morgan fingerprint density at radius 1 is 1.11 bits per heavy atom. The standard InChI is InChI=1S/C18H22N2O5S.ClH/c1-19-26(21,22)16-8-6-14(7-9-16)23-11-10-20-12-15-13-24-17-4-2-3-5-18(17)25-15;/h2-9,15,19-20H,10-13H2,1H3;1H. The van der Waals surface area contributed by atoms with Gasteiger partial charge in [0.1, 0.15) is 25.1 Å². The molecule has 0 saturated carbocycles. The number of hydrogen-bond donors (Lipinski definition) is 2. The van der Waals surface area contributed by atoms with Crippen LogP contribution in [-0.4, -0.2) is 47.9 Å². The van der Waals surface area contributed by atoms with Gasteiger partial charge >= 0.3 is 0 Å². The molecule has 7 nitrogen and oxygen atoms in total. The van der Waals surface area contributed by atoms with Crippen molar-refractivity contribution in [1.82, 2.24) is 10.0 Å². The molecule has 2 aromatic carbocycles. The molecule has 148 valence electrons. The van der Waals surface area contributed by atoms with E-state index in [1.807, 2.05) is 24.3 Å². The average Bonchev–Trinajstić information content (AvgIpc) is 2.68. The Bertz CT molecular complexity index is 830. The van der Waals surface area contributed by atoms with E-state index in [0.29, 0.717) is 32.1 Å². The Labute approximate surface area is 165 Å². The lowest BCUT2D eigenvalue weighted by atomic mass is 10.2. The number of nitrogens with one attached hydrogen (secondary N) is 2. The van der Waals surface area contributed by atoms with Gasteiger partial charge in [0, 0.05) is 13.1 Å².